The second-order valence-corrected chi connectivity index (χ2v) is 3.00. The van der Waals surface area contributed by atoms with Gasteiger partial charge in [0.15, 0.2) is 0 Å². The van der Waals surface area contributed by atoms with Gasteiger partial charge in [-0.1, -0.05) is 0 Å². The number of likely N-dealkylation sites (N-methyl/N-ethyl adjacent to an activating group) is 1. The normalized spacial score (nSPS) is 35.8. The molecule has 2 fully saturated rings. The van der Waals surface area contributed by atoms with Gasteiger partial charge < -0.3 is 0 Å². The van der Waals surface area contributed by atoms with E-state index in [-0.39, 0.29) is 23.8 Å². The first-order valence-corrected chi connectivity index (χ1v) is 3.76. The van der Waals surface area contributed by atoms with Crippen molar-refractivity contribution in [3.05, 3.63) is 0 Å². The summed E-state index contributed by atoms with van der Waals surface area (Å²) in [6, 6.07) is -0.362. The van der Waals surface area contributed by atoms with Crippen molar-refractivity contribution in [3.63, 3.8) is 0 Å². The zero-order valence-electron chi connectivity index (χ0n) is 6.63. The topological polar surface area (TPSA) is 73.5 Å². The molecule has 3 N–H and O–H groups in total. The summed E-state index contributed by atoms with van der Waals surface area (Å²) < 4.78 is 0. The van der Waals surface area contributed by atoms with Gasteiger partial charge in [0.25, 0.3) is 5.91 Å². The Balaban J connectivity index is 2.24. The molecule has 6 nitrogen and oxygen atoms in total. The van der Waals surface area contributed by atoms with E-state index in [1.165, 1.54) is 0 Å². The van der Waals surface area contributed by atoms with Gasteiger partial charge in [-0.15, -0.1) is 0 Å². The number of hydrazine groups is 2. The third-order valence-electron chi connectivity index (χ3n) is 2.27. The Hall–Kier alpha value is -1.14. The van der Waals surface area contributed by atoms with Crippen LogP contribution in [0, 0.1) is 5.92 Å². The van der Waals surface area contributed by atoms with Crippen molar-refractivity contribution >= 4 is 11.8 Å². The van der Waals surface area contributed by atoms with Crippen LogP contribution in [0.15, 0.2) is 0 Å². The van der Waals surface area contributed by atoms with E-state index in [1.54, 1.807) is 12.1 Å². The third-order valence-corrected chi connectivity index (χ3v) is 2.27. The van der Waals surface area contributed by atoms with E-state index in [1.807, 2.05) is 0 Å². The summed E-state index contributed by atoms with van der Waals surface area (Å²) in [5.41, 5.74) is 7.57. The Morgan fingerprint density at radius 2 is 2.00 bits per heavy atom. The molecule has 6 heteroatoms. The average molecular weight is 170 g/mol. The Kier molecular flexibility index (Phi) is 1.52. The zero-order valence-corrected chi connectivity index (χ0v) is 6.63. The molecule has 66 valence electrons. The standard InChI is InChI=1S/C6H10N4O2/c1-10-4-3(2-7-10)5(11)8-9-6(4)12/h3-4,7H,2H2,1H3,(H,8,11)(H,9,12). The molecular weight excluding hydrogens is 160 g/mol. The monoisotopic (exact) mass is 170 g/mol. The van der Waals surface area contributed by atoms with Crippen molar-refractivity contribution < 1.29 is 9.59 Å². The van der Waals surface area contributed by atoms with Crippen molar-refractivity contribution in [2.24, 2.45) is 5.92 Å². The maximum Gasteiger partial charge on any atom is 0.258 e. The van der Waals surface area contributed by atoms with E-state index in [9.17, 15) is 9.59 Å². The molecule has 0 spiro atoms. The van der Waals surface area contributed by atoms with Gasteiger partial charge in [0.1, 0.15) is 6.04 Å². The SMILES string of the molecule is CN1NCC2C(=O)NNC(=O)C21. The number of carbonyl (C=O) groups excluding carboxylic acids is 2. The molecular formula is C6H10N4O2. The van der Waals surface area contributed by atoms with E-state index in [2.05, 4.69) is 16.3 Å². The van der Waals surface area contributed by atoms with Crippen LogP contribution in [0.1, 0.15) is 0 Å². The lowest BCUT2D eigenvalue weighted by Crippen LogP contribution is -2.60. The van der Waals surface area contributed by atoms with Gasteiger partial charge in [0.05, 0.1) is 5.92 Å². The van der Waals surface area contributed by atoms with Crippen LogP contribution in [0.25, 0.3) is 0 Å². The number of rotatable bonds is 0. The molecule has 12 heavy (non-hydrogen) atoms. The van der Waals surface area contributed by atoms with Crippen LogP contribution in [0.2, 0.25) is 0 Å². The number of nitrogens with zero attached hydrogens (tertiary/aromatic N) is 1. The average Bonchev–Trinajstić information content (AvgIpc) is 2.42. The van der Waals surface area contributed by atoms with Crippen molar-refractivity contribution in [3.8, 4) is 0 Å². The lowest BCUT2D eigenvalue weighted by atomic mass is 9.99. The lowest BCUT2D eigenvalue weighted by Gasteiger charge is -2.26. The molecule has 0 aromatic rings. The Morgan fingerprint density at radius 3 is 2.67 bits per heavy atom. The number of amides is 2. The Morgan fingerprint density at radius 1 is 1.33 bits per heavy atom. The van der Waals surface area contributed by atoms with E-state index in [0.717, 1.165) is 0 Å². The van der Waals surface area contributed by atoms with Crippen molar-refractivity contribution in [1.82, 2.24) is 21.3 Å². The van der Waals surface area contributed by atoms with Crippen LogP contribution in [0.5, 0.6) is 0 Å². The van der Waals surface area contributed by atoms with Crippen molar-refractivity contribution in [2.45, 2.75) is 6.04 Å². The molecule has 0 radical (unpaired) electrons. The van der Waals surface area contributed by atoms with Gasteiger partial charge in [0.2, 0.25) is 5.91 Å². The predicted octanol–water partition coefficient (Wildman–Crippen LogP) is -2.42. The molecule has 0 aromatic carbocycles. The molecule has 2 saturated heterocycles. The highest BCUT2D eigenvalue weighted by atomic mass is 16.2. The first-order valence-electron chi connectivity index (χ1n) is 3.76. The fourth-order valence-corrected chi connectivity index (χ4v) is 1.61. The minimum absolute atomic E-state index is 0.128. The lowest BCUT2D eigenvalue weighted by molar-refractivity contribution is -0.141. The summed E-state index contributed by atoms with van der Waals surface area (Å²) in [4.78, 5) is 22.4. The molecule has 2 aliphatic heterocycles. The fraction of sp³-hybridized carbons (Fsp3) is 0.667. The maximum absolute atomic E-state index is 11.2. The zero-order chi connectivity index (χ0) is 8.72. The van der Waals surface area contributed by atoms with Crippen LogP contribution in [-0.2, 0) is 9.59 Å². The quantitative estimate of drug-likeness (QED) is 0.378. The summed E-state index contributed by atoms with van der Waals surface area (Å²) >= 11 is 0. The van der Waals surface area contributed by atoms with Gasteiger partial charge >= 0.3 is 0 Å². The summed E-state index contributed by atoms with van der Waals surface area (Å²) in [5.74, 6) is -0.549. The van der Waals surface area contributed by atoms with E-state index >= 15 is 0 Å². The summed E-state index contributed by atoms with van der Waals surface area (Å²) in [6.07, 6.45) is 0. The van der Waals surface area contributed by atoms with Gasteiger partial charge in [-0.05, 0) is 0 Å². The van der Waals surface area contributed by atoms with E-state index in [0.29, 0.717) is 6.54 Å². The molecule has 2 unspecified atom stereocenters. The Bertz CT molecular complexity index is 242. The van der Waals surface area contributed by atoms with Crippen LogP contribution >= 0.6 is 0 Å². The highest BCUT2D eigenvalue weighted by Crippen LogP contribution is 2.16. The highest BCUT2D eigenvalue weighted by Gasteiger charge is 2.44. The first-order chi connectivity index (χ1) is 5.70. The number of nitrogens with one attached hydrogen (secondary N) is 3. The summed E-state index contributed by atoms with van der Waals surface area (Å²) in [7, 11) is 1.75. The number of fused-ring (bicyclic) bond motifs is 1. The van der Waals surface area contributed by atoms with Gasteiger partial charge in [0, 0.05) is 13.6 Å². The largest absolute Gasteiger partial charge is 0.273 e. The van der Waals surface area contributed by atoms with Gasteiger partial charge in [-0.3, -0.25) is 25.9 Å². The van der Waals surface area contributed by atoms with Gasteiger partial charge in [-0.2, -0.15) is 0 Å². The highest BCUT2D eigenvalue weighted by molar-refractivity contribution is 5.95. The molecule has 2 aliphatic rings. The maximum atomic E-state index is 11.2. The molecule has 0 saturated carbocycles. The molecule has 0 aliphatic carbocycles. The molecule has 2 amide bonds. The van der Waals surface area contributed by atoms with E-state index in [4.69, 9.17) is 0 Å². The van der Waals surface area contributed by atoms with Crippen molar-refractivity contribution in [1.29, 1.82) is 0 Å². The fourth-order valence-electron chi connectivity index (χ4n) is 1.61. The predicted molar refractivity (Wildman–Crippen MR) is 39.3 cm³/mol. The number of hydrogen-bond donors (Lipinski definition) is 3. The van der Waals surface area contributed by atoms with Crippen molar-refractivity contribution in [2.75, 3.05) is 13.6 Å². The van der Waals surface area contributed by atoms with Crippen LogP contribution in [-0.4, -0.2) is 36.5 Å². The summed E-state index contributed by atoms with van der Waals surface area (Å²) in [5, 5.41) is 1.67. The molecule has 2 rings (SSSR count). The van der Waals surface area contributed by atoms with Crippen LogP contribution < -0.4 is 16.3 Å². The number of carbonyl (C=O) groups is 2. The van der Waals surface area contributed by atoms with Crippen LogP contribution in [0.3, 0.4) is 0 Å². The molecule has 0 aromatic heterocycles. The molecule has 2 atom stereocenters. The van der Waals surface area contributed by atoms with Crippen LogP contribution in [0.4, 0.5) is 0 Å². The second kappa shape index (κ2) is 2.43. The summed E-state index contributed by atoms with van der Waals surface area (Å²) in [6.45, 7) is 0.528. The molecule has 2 heterocycles. The smallest absolute Gasteiger partial charge is 0.258 e. The number of hydrogen-bond acceptors (Lipinski definition) is 4. The Labute approximate surface area is 69.2 Å². The minimum Gasteiger partial charge on any atom is -0.273 e. The minimum atomic E-state index is -0.362. The van der Waals surface area contributed by atoms with E-state index < -0.39 is 0 Å². The second-order valence-electron chi connectivity index (χ2n) is 3.00. The molecule has 0 bridgehead atoms. The third kappa shape index (κ3) is 0.886. The van der Waals surface area contributed by atoms with Gasteiger partial charge in [-0.25, -0.2) is 5.01 Å². The first kappa shape index (κ1) is 7.51.